The van der Waals surface area contributed by atoms with Gasteiger partial charge in [-0.3, -0.25) is 0 Å². The Labute approximate surface area is 100 Å². The molecule has 0 aliphatic carbocycles. The molecule has 0 aliphatic rings. The van der Waals surface area contributed by atoms with Crippen LogP contribution in [0.15, 0.2) is 29.7 Å². The van der Waals surface area contributed by atoms with E-state index in [-0.39, 0.29) is 17.1 Å². The van der Waals surface area contributed by atoms with E-state index in [4.69, 9.17) is 5.73 Å². The van der Waals surface area contributed by atoms with Crippen LogP contribution in [0.2, 0.25) is 0 Å². The number of nitrogens with two attached hydrogens (primary N) is 1. The van der Waals surface area contributed by atoms with Crippen molar-refractivity contribution >= 4 is 15.7 Å². The van der Waals surface area contributed by atoms with Crippen molar-refractivity contribution in [1.29, 1.82) is 0 Å². The van der Waals surface area contributed by atoms with Crippen molar-refractivity contribution < 1.29 is 12.8 Å². The fraction of sp³-hybridized carbons (Fsp3) is 0.273. The summed E-state index contributed by atoms with van der Waals surface area (Å²) in [4.78, 5) is 0.000428. The number of aryl methyl sites for hydroxylation is 1. The van der Waals surface area contributed by atoms with Crippen LogP contribution in [0.3, 0.4) is 0 Å². The molecule has 0 saturated heterocycles. The average Bonchev–Trinajstić information content (AvgIpc) is 2.23. The van der Waals surface area contributed by atoms with Crippen LogP contribution in [0.1, 0.15) is 12.0 Å². The minimum atomic E-state index is -3.65. The Morgan fingerprint density at radius 3 is 2.76 bits per heavy atom. The highest BCUT2D eigenvalue weighted by atomic mass is 32.2. The Hall–Kier alpha value is -1.40. The van der Waals surface area contributed by atoms with E-state index in [2.05, 4.69) is 11.3 Å². The topological polar surface area (TPSA) is 72.2 Å². The Morgan fingerprint density at radius 2 is 2.18 bits per heavy atom. The first-order valence-corrected chi connectivity index (χ1v) is 6.53. The van der Waals surface area contributed by atoms with Gasteiger partial charge in [0.1, 0.15) is 5.82 Å². The van der Waals surface area contributed by atoms with Gasteiger partial charge in [0, 0.05) is 6.54 Å². The van der Waals surface area contributed by atoms with Gasteiger partial charge in [-0.2, -0.15) is 0 Å². The second-order valence-electron chi connectivity index (χ2n) is 3.61. The van der Waals surface area contributed by atoms with Crippen LogP contribution in [0.4, 0.5) is 10.1 Å². The number of nitrogen functional groups attached to an aromatic ring is 1. The first kappa shape index (κ1) is 13.7. The zero-order chi connectivity index (χ0) is 13.1. The first-order chi connectivity index (χ1) is 7.88. The van der Waals surface area contributed by atoms with Crippen LogP contribution in [0.25, 0.3) is 0 Å². The van der Waals surface area contributed by atoms with Gasteiger partial charge in [0.25, 0.3) is 0 Å². The summed E-state index contributed by atoms with van der Waals surface area (Å²) in [6.45, 7) is 5.26. The van der Waals surface area contributed by atoms with Gasteiger partial charge in [0.05, 0.1) is 10.6 Å². The molecule has 0 heterocycles. The Morgan fingerprint density at radius 1 is 1.53 bits per heavy atom. The second kappa shape index (κ2) is 5.29. The molecule has 0 aromatic heterocycles. The van der Waals surface area contributed by atoms with E-state index in [1.54, 1.807) is 6.08 Å². The Balaban J connectivity index is 3.06. The van der Waals surface area contributed by atoms with Crippen molar-refractivity contribution in [3.8, 4) is 0 Å². The largest absolute Gasteiger partial charge is 0.396 e. The lowest BCUT2D eigenvalue weighted by Gasteiger charge is -2.09. The van der Waals surface area contributed by atoms with Crippen molar-refractivity contribution in [2.24, 2.45) is 0 Å². The van der Waals surface area contributed by atoms with E-state index in [1.807, 2.05) is 0 Å². The van der Waals surface area contributed by atoms with Gasteiger partial charge in [0.2, 0.25) is 10.0 Å². The highest BCUT2D eigenvalue weighted by Gasteiger charge is 2.17. The fourth-order valence-corrected chi connectivity index (χ4v) is 2.64. The summed E-state index contributed by atoms with van der Waals surface area (Å²) < 4.78 is 39.2. The number of sulfonamides is 1. The van der Waals surface area contributed by atoms with Gasteiger partial charge >= 0.3 is 0 Å². The van der Waals surface area contributed by atoms with E-state index >= 15 is 0 Å². The smallest absolute Gasteiger partial charge is 0.240 e. The number of nitrogens with one attached hydrogen (secondary N) is 1. The van der Waals surface area contributed by atoms with Gasteiger partial charge in [-0.1, -0.05) is 6.08 Å². The van der Waals surface area contributed by atoms with Crippen LogP contribution in [-0.4, -0.2) is 15.0 Å². The summed E-state index contributed by atoms with van der Waals surface area (Å²) in [7, 11) is -3.65. The molecule has 0 unspecified atom stereocenters. The quantitative estimate of drug-likeness (QED) is 0.478. The molecule has 0 amide bonds. The molecule has 0 aliphatic heterocycles. The SMILES string of the molecule is C=CCCNS(=O)(=O)c1cc(N)c(F)cc1C. The minimum Gasteiger partial charge on any atom is -0.396 e. The summed E-state index contributed by atoms with van der Waals surface area (Å²) >= 11 is 0. The normalized spacial score (nSPS) is 11.4. The van der Waals surface area contributed by atoms with E-state index < -0.39 is 15.8 Å². The van der Waals surface area contributed by atoms with Crippen LogP contribution >= 0.6 is 0 Å². The van der Waals surface area contributed by atoms with Gasteiger partial charge in [-0.25, -0.2) is 17.5 Å². The molecular weight excluding hydrogens is 243 g/mol. The van der Waals surface area contributed by atoms with E-state index in [1.165, 1.54) is 6.92 Å². The molecule has 1 aromatic carbocycles. The number of hydrogen-bond donors (Lipinski definition) is 2. The monoisotopic (exact) mass is 258 g/mol. The van der Waals surface area contributed by atoms with Crippen LogP contribution < -0.4 is 10.5 Å². The minimum absolute atomic E-state index is 0.000428. The summed E-state index contributed by atoms with van der Waals surface area (Å²) in [5, 5.41) is 0. The molecular formula is C11H15FN2O2S. The number of anilines is 1. The molecule has 0 fully saturated rings. The van der Waals surface area contributed by atoms with Crippen LogP contribution in [-0.2, 0) is 10.0 Å². The molecule has 0 saturated carbocycles. The lowest BCUT2D eigenvalue weighted by Crippen LogP contribution is -2.25. The second-order valence-corrected chi connectivity index (χ2v) is 5.35. The fourth-order valence-electron chi connectivity index (χ4n) is 1.33. The average molecular weight is 258 g/mol. The van der Waals surface area contributed by atoms with Gasteiger partial charge in [0.15, 0.2) is 0 Å². The van der Waals surface area contributed by atoms with E-state index in [0.717, 1.165) is 12.1 Å². The molecule has 3 N–H and O–H groups in total. The maximum Gasteiger partial charge on any atom is 0.240 e. The first-order valence-electron chi connectivity index (χ1n) is 5.04. The van der Waals surface area contributed by atoms with E-state index in [9.17, 15) is 12.8 Å². The number of hydrogen-bond acceptors (Lipinski definition) is 3. The summed E-state index contributed by atoms with van der Waals surface area (Å²) in [5.41, 5.74) is 5.50. The molecule has 1 aromatic rings. The molecule has 94 valence electrons. The number of benzene rings is 1. The molecule has 1 rings (SSSR count). The number of rotatable bonds is 5. The van der Waals surface area contributed by atoms with Crippen LogP contribution in [0.5, 0.6) is 0 Å². The molecule has 0 radical (unpaired) electrons. The Kier molecular flexibility index (Phi) is 4.25. The lowest BCUT2D eigenvalue weighted by molar-refractivity contribution is 0.580. The van der Waals surface area contributed by atoms with Crippen molar-refractivity contribution in [1.82, 2.24) is 4.72 Å². The zero-order valence-corrected chi connectivity index (χ0v) is 10.3. The third-order valence-electron chi connectivity index (χ3n) is 2.22. The molecule has 4 nitrogen and oxygen atoms in total. The molecule has 6 heteroatoms. The molecule has 0 atom stereocenters. The third kappa shape index (κ3) is 3.28. The van der Waals surface area contributed by atoms with E-state index in [0.29, 0.717) is 12.0 Å². The lowest BCUT2D eigenvalue weighted by atomic mass is 10.2. The number of halogens is 1. The highest BCUT2D eigenvalue weighted by Crippen LogP contribution is 2.21. The van der Waals surface area contributed by atoms with Gasteiger partial charge < -0.3 is 5.73 Å². The maximum absolute atomic E-state index is 13.1. The van der Waals surface area contributed by atoms with Crippen molar-refractivity contribution in [3.05, 3.63) is 36.2 Å². The van der Waals surface area contributed by atoms with Crippen LogP contribution in [0, 0.1) is 12.7 Å². The summed E-state index contributed by atoms with van der Waals surface area (Å²) in [5.74, 6) is -0.618. The molecule has 0 bridgehead atoms. The third-order valence-corrected chi connectivity index (χ3v) is 3.83. The van der Waals surface area contributed by atoms with Gasteiger partial charge in [-0.05, 0) is 31.0 Å². The standard InChI is InChI=1S/C11H15FN2O2S/c1-3-4-5-14-17(15,16)11-7-10(13)9(12)6-8(11)2/h3,6-7,14H,1,4-5,13H2,2H3. The predicted molar refractivity (Wildman–Crippen MR) is 65.6 cm³/mol. The van der Waals surface area contributed by atoms with Crippen molar-refractivity contribution in [2.75, 3.05) is 12.3 Å². The van der Waals surface area contributed by atoms with Gasteiger partial charge in [-0.15, -0.1) is 6.58 Å². The highest BCUT2D eigenvalue weighted by molar-refractivity contribution is 7.89. The molecule has 17 heavy (non-hydrogen) atoms. The maximum atomic E-state index is 13.1. The predicted octanol–water partition coefficient (Wildman–Crippen LogP) is 1.57. The summed E-state index contributed by atoms with van der Waals surface area (Å²) in [6, 6.07) is 2.23. The Bertz CT molecular complexity index is 527. The molecule has 0 spiro atoms. The van der Waals surface area contributed by atoms with Crippen molar-refractivity contribution in [2.45, 2.75) is 18.2 Å². The zero-order valence-electron chi connectivity index (χ0n) is 9.53. The summed E-state index contributed by atoms with van der Waals surface area (Å²) in [6.07, 6.45) is 2.13. The van der Waals surface area contributed by atoms with Crippen molar-refractivity contribution in [3.63, 3.8) is 0 Å².